The number of anilines is 1. The third-order valence-corrected chi connectivity index (χ3v) is 1.39. The fourth-order valence-corrected chi connectivity index (χ4v) is 0.818. The van der Waals surface area contributed by atoms with E-state index in [2.05, 4.69) is 4.98 Å². The van der Waals surface area contributed by atoms with Crippen molar-refractivity contribution in [1.29, 1.82) is 0 Å². The van der Waals surface area contributed by atoms with Crippen LogP contribution in [0.2, 0.25) is 0 Å². The number of nitrogens with zero attached hydrogens (tertiary/aromatic N) is 1. The van der Waals surface area contributed by atoms with Crippen molar-refractivity contribution in [3.8, 4) is 0 Å². The minimum absolute atomic E-state index is 0.106. The molecule has 1 aromatic rings. The molecule has 1 aromatic heterocycles. The first kappa shape index (κ1) is 8.83. The molecule has 0 aliphatic carbocycles. The van der Waals surface area contributed by atoms with E-state index < -0.39 is 17.9 Å². The Morgan fingerprint density at radius 1 is 1.50 bits per heavy atom. The first-order valence-electron chi connectivity index (χ1n) is 3.23. The SMILES string of the molecule is Cc1nc(C(F)F)cc(N)c1F. The standard InChI is InChI=1S/C7H7F3N2/c1-3-6(8)4(11)2-5(12-3)7(9)10/h2,7H,1H3,(H2,11,12). The van der Waals surface area contributed by atoms with Gasteiger partial charge in [0.2, 0.25) is 0 Å². The van der Waals surface area contributed by atoms with E-state index in [-0.39, 0.29) is 11.4 Å². The van der Waals surface area contributed by atoms with Crippen molar-refractivity contribution in [3.05, 3.63) is 23.3 Å². The number of halogens is 3. The van der Waals surface area contributed by atoms with Crippen molar-refractivity contribution in [2.75, 3.05) is 5.73 Å². The molecule has 0 atom stereocenters. The molecule has 0 bridgehead atoms. The van der Waals surface area contributed by atoms with Gasteiger partial charge in [-0.3, -0.25) is 0 Å². The Kier molecular flexibility index (Phi) is 2.21. The first-order chi connectivity index (χ1) is 5.52. The summed E-state index contributed by atoms with van der Waals surface area (Å²) in [6.07, 6.45) is -2.72. The average molecular weight is 176 g/mol. The largest absolute Gasteiger partial charge is 0.396 e. The molecule has 0 spiro atoms. The van der Waals surface area contributed by atoms with Crippen molar-refractivity contribution in [1.82, 2.24) is 4.98 Å². The van der Waals surface area contributed by atoms with E-state index in [4.69, 9.17) is 5.73 Å². The van der Waals surface area contributed by atoms with Crippen molar-refractivity contribution in [2.24, 2.45) is 0 Å². The molecule has 2 N–H and O–H groups in total. The first-order valence-corrected chi connectivity index (χ1v) is 3.23. The smallest absolute Gasteiger partial charge is 0.280 e. The minimum Gasteiger partial charge on any atom is -0.396 e. The van der Waals surface area contributed by atoms with Gasteiger partial charge in [-0.1, -0.05) is 0 Å². The van der Waals surface area contributed by atoms with Gasteiger partial charge in [-0.15, -0.1) is 0 Å². The van der Waals surface area contributed by atoms with Gasteiger partial charge in [0, 0.05) is 0 Å². The van der Waals surface area contributed by atoms with Crippen LogP contribution in [0.1, 0.15) is 17.8 Å². The van der Waals surface area contributed by atoms with Crippen LogP contribution in [-0.2, 0) is 0 Å². The van der Waals surface area contributed by atoms with Crippen molar-refractivity contribution < 1.29 is 13.2 Å². The maximum absolute atomic E-state index is 12.7. The molecule has 0 unspecified atom stereocenters. The molecule has 12 heavy (non-hydrogen) atoms. The van der Waals surface area contributed by atoms with E-state index in [1.807, 2.05) is 0 Å². The molecular weight excluding hydrogens is 169 g/mol. The van der Waals surface area contributed by atoms with Gasteiger partial charge in [0.1, 0.15) is 5.69 Å². The fourth-order valence-electron chi connectivity index (χ4n) is 0.818. The maximum atomic E-state index is 12.7. The number of nitrogen functional groups attached to an aromatic ring is 1. The zero-order chi connectivity index (χ0) is 9.30. The van der Waals surface area contributed by atoms with Gasteiger partial charge in [-0.05, 0) is 13.0 Å². The molecular formula is C7H7F3N2. The van der Waals surface area contributed by atoms with Crippen LogP contribution >= 0.6 is 0 Å². The molecule has 0 fully saturated rings. The molecule has 0 aliphatic rings. The highest BCUT2D eigenvalue weighted by atomic mass is 19.3. The molecule has 2 nitrogen and oxygen atoms in total. The van der Waals surface area contributed by atoms with Crippen LogP contribution in [0, 0.1) is 12.7 Å². The van der Waals surface area contributed by atoms with Crippen LogP contribution in [0.4, 0.5) is 18.9 Å². The lowest BCUT2D eigenvalue weighted by Gasteiger charge is -2.03. The van der Waals surface area contributed by atoms with Crippen molar-refractivity contribution in [2.45, 2.75) is 13.3 Å². The van der Waals surface area contributed by atoms with Crippen molar-refractivity contribution >= 4 is 5.69 Å². The number of aromatic nitrogens is 1. The van der Waals surface area contributed by atoms with Crippen molar-refractivity contribution in [3.63, 3.8) is 0 Å². The summed E-state index contributed by atoms with van der Waals surface area (Å²) in [4.78, 5) is 3.33. The second-order valence-electron chi connectivity index (χ2n) is 2.34. The van der Waals surface area contributed by atoms with Gasteiger partial charge in [0.05, 0.1) is 11.4 Å². The summed E-state index contributed by atoms with van der Waals surface area (Å²) >= 11 is 0. The number of hydrogen-bond donors (Lipinski definition) is 1. The fraction of sp³-hybridized carbons (Fsp3) is 0.286. The predicted molar refractivity (Wildman–Crippen MR) is 38.3 cm³/mol. The summed E-state index contributed by atoms with van der Waals surface area (Å²) in [5, 5.41) is 0. The second-order valence-corrected chi connectivity index (χ2v) is 2.34. The Balaban J connectivity index is 3.21. The molecule has 1 heterocycles. The number of hydrogen-bond acceptors (Lipinski definition) is 2. The van der Waals surface area contributed by atoms with Crippen LogP contribution in [0.25, 0.3) is 0 Å². The Hall–Kier alpha value is -1.26. The summed E-state index contributed by atoms with van der Waals surface area (Å²) in [7, 11) is 0. The average Bonchev–Trinajstić information content (AvgIpc) is 1.99. The lowest BCUT2D eigenvalue weighted by atomic mass is 10.2. The number of alkyl halides is 2. The van der Waals surface area contributed by atoms with E-state index in [1.54, 1.807) is 0 Å². The zero-order valence-corrected chi connectivity index (χ0v) is 6.31. The van der Waals surface area contributed by atoms with E-state index in [0.29, 0.717) is 0 Å². The highest BCUT2D eigenvalue weighted by Gasteiger charge is 2.13. The highest BCUT2D eigenvalue weighted by Crippen LogP contribution is 2.21. The minimum atomic E-state index is -2.72. The number of aryl methyl sites for hydroxylation is 1. The number of rotatable bonds is 1. The van der Waals surface area contributed by atoms with Gasteiger partial charge in [0.15, 0.2) is 5.82 Å². The molecule has 0 saturated heterocycles. The third kappa shape index (κ3) is 1.49. The normalized spacial score (nSPS) is 10.8. The summed E-state index contributed by atoms with van der Waals surface area (Å²) in [5.41, 5.74) is 4.22. The number of pyridine rings is 1. The van der Waals surface area contributed by atoms with Crippen LogP contribution in [0.5, 0.6) is 0 Å². The van der Waals surface area contributed by atoms with Crippen LogP contribution in [-0.4, -0.2) is 4.98 Å². The van der Waals surface area contributed by atoms with Gasteiger partial charge < -0.3 is 5.73 Å². The molecule has 0 saturated carbocycles. The molecule has 5 heteroatoms. The quantitative estimate of drug-likeness (QED) is 0.711. The van der Waals surface area contributed by atoms with E-state index in [1.165, 1.54) is 6.92 Å². The van der Waals surface area contributed by atoms with E-state index in [9.17, 15) is 13.2 Å². The third-order valence-electron chi connectivity index (χ3n) is 1.39. The van der Waals surface area contributed by atoms with Gasteiger partial charge in [-0.2, -0.15) is 0 Å². The van der Waals surface area contributed by atoms with Crippen LogP contribution in [0.15, 0.2) is 6.07 Å². The van der Waals surface area contributed by atoms with E-state index in [0.717, 1.165) is 6.07 Å². The van der Waals surface area contributed by atoms with Gasteiger partial charge >= 0.3 is 0 Å². The van der Waals surface area contributed by atoms with Gasteiger partial charge in [-0.25, -0.2) is 18.2 Å². The summed E-state index contributed by atoms with van der Waals surface area (Å²) in [5.74, 6) is -0.737. The summed E-state index contributed by atoms with van der Waals surface area (Å²) in [6.45, 7) is 1.29. The predicted octanol–water partition coefficient (Wildman–Crippen LogP) is 2.05. The highest BCUT2D eigenvalue weighted by molar-refractivity contribution is 5.42. The topological polar surface area (TPSA) is 38.9 Å². The van der Waals surface area contributed by atoms with Crippen LogP contribution in [0.3, 0.4) is 0 Å². The summed E-state index contributed by atoms with van der Waals surface area (Å²) < 4.78 is 36.8. The zero-order valence-electron chi connectivity index (χ0n) is 6.31. The molecule has 1 rings (SSSR count). The van der Waals surface area contributed by atoms with E-state index >= 15 is 0 Å². The molecule has 0 aromatic carbocycles. The maximum Gasteiger partial charge on any atom is 0.280 e. The van der Waals surface area contributed by atoms with Crippen LogP contribution < -0.4 is 5.73 Å². The summed E-state index contributed by atoms with van der Waals surface area (Å²) in [6, 6.07) is 0.840. The Bertz CT molecular complexity index is 276. The lowest BCUT2D eigenvalue weighted by molar-refractivity contribution is 0.146. The lowest BCUT2D eigenvalue weighted by Crippen LogP contribution is -2.01. The number of nitrogens with two attached hydrogens (primary N) is 1. The molecule has 0 amide bonds. The Morgan fingerprint density at radius 2 is 2.08 bits per heavy atom. The second kappa shape index (κ2) is 3.00. The molecule has 0 aliphatic heterocycles. The Morgan fingerprint density at radius 3 is 2.50 bits per heavy atom. The molecule has 66 valence electrons. The van der Waals surface area contributed by atoms with Gasteiger partial charge in [0.25, 0.3) is 6.43 Å². The molecule has 0 radical (unpaired) electrons. The monoisotopic (exact) mass is 176 g/mol. The Labute approximate surface area is 67.2 Å².